The summed E-state index contributed by atoms with van der Waals surface area (Å²) in [5.74, 6) is -0.240. The number of hydrogen-bond acceptors (Lipinski definition) is 2. The van der Waals surface area contributed by atoms with E-state index in [0.29, 0.717) is 4.47 Å². The van der Waals surface area contributed by atoms with Gasteiger partial charge in [-0.25, -0.2) is 9.37 Å². The van der Waals surface area contributed by atoms with Gasteiger partial charge in [0.15, 0.2) is 0 Å². The molecule has 1 unspecified atom stereocenters. The maximum atomic E-state index is 13.6. The summed E-state index contributed by atoms with van der Waals surface area (Å²) in [7, 11) is 0. The van der Waals surface area contributed by atoms with E-state index in [-0.39, 0.29) is 10.6 Å². The predicted molar refractivity (Wildman–Crippen MR) is 89.1 cm³/mol. The van der Waals surface area contributed by atoms with Gasteiger partial charge in [-0.05, 0) is 45.8 Å². The molecule has 1 nitrogen and oxygen atoms in total. The van der Waals surface area contributed by atoms with E-state index in [4.69, 9.17) is 0 Å². The number of aromatic nitrogens is 1. The number of halogens is 3. The Labute approximate surface area is 137 Å². The van der Waals surface area contributed by atoms with Gasteiger partial charge in [0.25, 0.3) is 0 Å². The molecule has 0 aliphatic rings. The Morgan fingerprint density at radius 3 is 2.75 bits per heavy atom. The first-order valence-electron chi connectivity index (χ1n) is 6.07. The average molecular weight is 415 g/mol. The Morgan fingerprint density at radius 2 is 2.00 bits per heavy atom. The topological polar surface area (TPSA) is 12.9 Å². The average Bonchev–Trinajstić information content (AvgIpc) is 2.83. The van der Waals surface area contributed by atoms with Gasteiger partial charge in [0.2, 0.25) is 0 Å². The van der Waals surface area contributed by atoms with Crippen LogP contribution in [0.4, 0.5) is 4.39 Å². The second-order valence-electron chi connectivity index (χ2n) is 4.42. The maximum Gasteiger partial charge on any atom is 0.137 e. The van der Waals surface area contributed by atoms with Crippen LogP contribution in [0.1, 0.15) is 15.4 Å². The van der Waals surface area contributed by atoms with Gasteiger partial charge in [0.1, 0.15) is 5.82 Å². The molecule has 0 fully saturated rings. The molecule has 0 aliphatic carbocycles. The molecule has 3 rings (SSSR count). The predicted octanol–water partition coefficient (Wildman–Crippen LogP) is 5.88. The SMILES string of the molecule is Fc1cc(C(Br)Cc2nc3ccccc3s2)ccc1Br. The zero-order chi connectivity index (χ0) is 14.1. The lowest BCUT2D eigenvalue weighted by Crippen LogP contribution is -1.96. The van der Waals surface area contributed by atoms with Crippen LogP contribution in [-0.2, 0) is 6.42 Å². The Balaban J connectivity index is 1.84. The number of thiazole rings is 1. The van der Waals surface area contributed by atoms with Crippen LogP contribution in [0.5, 0.6) is 0 Å². The van der Waals surface area contributed by atoms with Crippen molar-refractivity contribution >= 4 is 53.4 Å². The highest BCUT2D eigenvalue weighted by Gasteiger charge is 2.13. The Bertz CT molecular complexity index is 723. The molecule has 0 N–H and O–H groups in total. The third kappa shape index (κ3) is 2.95. The van der Waals surface area contributed by atoms with Gasteiger partial charge < -0.3 is 0 Å². The molecule has 1 atom stereocenters. The Morgan fingerprint density at radius 1 is 1.20 bits per heavy atom. The van der Waals surface area contributed by atoms with Crippen LogP contribution in [0.3, 0.4) is 0 Å². The molecule has 3 aromatic rings. The minimum atomic E-state index is -0.240. The van der Waals surface area contributed by atoms with Crippen molar-refractivity contribution in [3.8, 4) is 0 Å². The van der Waals surface area contributed by atoms with E-state index in [0.717, 1.165) is 22.5 Å². The highest BCUT2D eigenvalue weighted by molar-refractivity contribution is 9.10. The quantitative estimate of drug-likeness (QED) is 0.488. The molecule has 1 aromatic heterocycles. The van der Waals surface area contributed by atoms with Crippen molar-refractivity contribution in [2.24, 2.45) is 0 Å². The molecule has 0 spiro atoms. The number of rotatable bonds is 3. The normalized spacial score (nSPS) is 12.8. The van der Waals surface area contributed by atoms with Crippen molar-refractivity contribution in [3.05, 3.63) is 63.3 Å². The molecule has 1 heterocycles. The fourth-order valence-electron chi connectivity index (χ4n) is 1.99. The van der Waals surface area contributed by atoms with E-state index >= 15 is 0 Å². The summed E-state index contributed by atoms with van der Waals surface area (Å²) in [5.41, 5.74) is 1.94. The highest BCUT2D eigenvalue weighted by atomic mass is 79.9. The summed E-state index contributed by atoms with van der Waals surface area (Å²) < 4.78 is 15.2. The Kier molecular flexibility index (Phi) is 4.19. The van der Waals surface area contributed by atoms with Gasteiger partial charge in [0.05, 0.1) is 19.7 Å². The molecule has 102 valence electrons. The molecular weight excluding hydrogens is 405 g/mol. The molecule has 0 aliphatic heterocycles. The molecule has 2 aromatic carbocycles. The van der Waals surface area contributed by atoms with Crippen molar-refractivity contribution in [3.63, 3.8) is 0 Å². The number of alkyl halides is 1. The van der Waals surface area contributed by atoms with E-state index < -0.39 is 0 Å². The molecule has 0 saturated carbocycles. The lowest BCUT2D eigenvalue weighted by Gasteiger charge is -2.08. The third-order valence-electron chi connectivity index (χ3n) is 3.00. The largest absolute Gasteiger partial charge is 0.241 e. The maximum absolute atomic E-state index is 13.6. The standard InChI is InChI=1S/C15H10Br2FNS/c16-10-6-5-9(7-12(10)18)11(17)8-15-19-13-3-1-2-4-14(13)20-15/h1-7,11H,8H2. The molecule has 5 heteroatoms. The first-order valence-corrected chi connectivity index (χ1v) is 8.59. The van der Waals surface area contributed by atoms with Crippen molar-refractivity contribution in [2.75, 3.05) is 0 Å². The smallest absolute Gasteiger partial charge is 0.137 e. The molecule has 0 bridgehead atoms. The molecule has 0 saturated heterocycles. The molecule has 0 amide bonds. The third-order valence-corrected chi connectivity index (χ3v) is 5.55. The van der Waals surface area contributed by atoms with Crippen LogP contribution < -0.4 is 0 Å². The number of fused-ring (bicyclic) bond motifs is 1. The minimum Gasteiger partial charge on any atom is -0.241 e. The van der Waals surface area contributed by atoms with E-state index in [1.165, 1.54) is 4.70 Å². The van der Waals surface area contributed by atoms with Gasteiger partial charge >= 0.3 is 0 Å². The second-order valence-corrected chi connectivity index (χ2v) is 7.50. The molecule has 0 radical (unpaired) electrons. The summed E-state index contributed by atoms with van der Waals surface area (Å²) in [5, 5.41) is 1.05. The van der Waals surface area contributed by atoms with Crippen molar-refractivity contribution in [1.29, 1.82) is 0 Å². The van der Waals surface area contributed by atoms with Crippen LogP contribution in [0.2, 0.25) is 0 Å². The lowest BCUT2D eigenvalue weighted by atomic mass is 10.1. The number of nitrogens with zero attached hydrogens (tertiary/aromatic N) is 1. The van der Waals surface area contributed by atoms with Crippen molar-refractivity contribution < 1.29 is 4.39 Å². The lowest BCUT2D eigenvalue weighted by molar-refractivity contribution is 0.618. The Hall–Kier alpha value is -0.780. The van der Waals surface area contributed by atoms with Crippen LogP contribution in [0.25, 0.3) is 10.2 Å². The first kappa shape index (κ1) is 14.2. The van der Waals surface area contributed by atoms with Gasteiger partial charge in [-0.3, -0.25) is 0 Å². The van der Waals surface area contributed by atoms with Gasteiger partial charge in [0, 0.05) is 11.2 Å². The highest BCUT2D eigenvalue weighted by Crippen LogP contribution is 2.32. The number of para-hydroxylation sites is 1. The first-order chi connectivity index (χ1) is 9.63. The summed E-state index contributed by atoms with van der Waals surface area (Å²) in [6.45, 7) is 0. The van der Waals surface area contributed by atoms with E-state index in [1.807, 2.05) is 24.3 Å². The summed E-state index contributed by atoms with van der Waals surface area (Å²) in [6, 6.07) is 13.3. The van der Waals surface area contributed by atoms with E-state index in [2.05, 4.69) is 42.9 Å². The van der Waals surface area contributed by atoms with Crippen molar-refractivity contribution in [2.45, 2.75) is 11.2 Å². The monoisotopic (exact) mass is 413 g/mol. The van der Waals surface area contributed by atoms with Crippen LogP contribution in [0, 0.1) is 5.82 Å². The van der Waals surface area contributed by atoms with Gasteiger partial charge in [-0.2, -0.15) is 0 Å². The van der Waals surface area contributed by atoms with Crippen LogP contribution in [-0.4, -0.2) is 4.98 Å². The van der Waals surface area contributed by atoms with E-state index in [9.17, 15) is 4.39 Å². The zero-order valence-electron chi connectivity index (χ0n) is 10.3. The summed E-state index contributed by atoms with van der Waals surface area (Å²) in [6.07, 6.45) is 0.750. The fourth-order valence-corrected chi connectivity index (χ4v) is 4.05. The van der Waals surface area contributed by atoms with Crippen LogP contribution in [0.15, 0.2) is 46.9 Å². The second kappa shape index (κ2) is 5.92. The van der Waals surface area contributed by atoms with Gasteiger partial charge in [-0.15, -0.1) is 11.3 Å². The van der Waals surface area contributed by atoms with Crippen LogP contribution >= 0.6 is 43.2 Å². The zero-order valence-corrected chi connectivity index (χ0v) is 14.3. The van der Waals surface area contributed by atoms with Gasteiger partial charge in [-0.1, -0.05) is 34.1 Å². The summed E-state index contributed by atoms with van der Waals surface area (Å²) >= 11 is 8.47. The minimum absolute atomic E-state index is 0.0608. The number of hydrogen-bond donors (Lipinski definition) is 0. The summed E-state index contributed by atoms with van der Waals surface area (Å²) in [4.78, 5) is 4.66. The molecular formula is C15H10Br2FNS. The van der Waals surface area contributed by atoms with E-state index in [1.54, 1.807) is 23.5 Å². The fraction of sp³-hybridized carbons (Fsp3) is 0.133. The molecule has 20 heavy (non-hydrogen) atoms. The number of benzene rings is 2. The van der Waals surface area contributed by atoms with Crippen molar-refractivity contribution in [1.82, 2.24) is 4.98 Å².